The molecule has 0 aliphatic carbocycles. The maximum Gasteiger partial charge on any atom is -0.00813 e. The SMILES string of the molecule is C=C(C)C(=CC)C(C)(CC)CC. The third-order valence-corrected chi connectivity index (χ3v) is 2.96. The van der Waals surface area contributed by atoms with Crippen LogP contribution in [-0.4, -0.2) is 0 Å². The molecule has 0 spiro atoms. The highest BCUT2D eigenvalue weighted by Crippen LogP contribution is 2.37. The lowest BCUT2D eigenvalue weighted by molar-refractivity contribution is 0.372. The first-order valence-electron chi connectivity index (χ1n) is 4.84. The van der Waals surface area contributed by atoms with Gasteiger partial charge in [-0.15, -0.1) is 0 Å². The van der Waals surface area contributed by atoms with Crippen LogP contribution in [-0.2, 0) is 0 Å². The average Bonchev–Trinajstić information content (AvgIpc) is 2.04. The van der Waals surface area contributed by atoms with Gasteiger partial charge in [-0.1, -0.05) is 39.0 Å². The van der Waals surface area contributed by atoms with Crippen molar-refractivity contribution < 1.29 is 0 Å². The van der Waals surface area contributed by atoms with Gasteiger partial charge in [0, 0.05) is 0 Å². The minimum atomic E-state index is 0.334. The molecule has 0 aliphatic rings. The summed E-state index contributed by atoms with van der Waals surface area (Å²) in [6, 6.07) is 0. The molecule has 0 atom stereocenters. The summed E-state index contributed by atoms with van der Waals surface area (Å²) in [5.41, 5.74) is 2.97. The van der Waals surface area contributed by atoms with Crippen molar-refractivity contribution in [1.29, 1.82) is 0 Å². The summed E-state index contributed by atoms with van der Waals surface area (Å²) in [7, 11) is 0. The fraction of sp³-hybridized carbons (Fsp3) is 0.667. The maximum atomic E-state index is 4.02. The van der Waals surface area contributed by atoms with E-state index in [1.165, 1.54) is 24.0 Å². The monoisotopic (exact) mass is 166 g/mol. The van der Waals surface area contributed by atoms with E-state index in [0.717, 1.165) is 0 Å². The van der Waals surface area contributed by atoms with Gasteiger partial charge in [-0.25, -0.2) is 0 Å². The molecule has 0 fully saturated rings. The Morgan fingerprint density at radius 2 is 1.75 bits per heavy atom. The van der Waals surface area contributed by atoms with Gasteiger partial charge in [0.2, 0.25) is 0 Å². The smallest absolute Gasteiger partial charge is 0.00813 e. The molecule has 0 rings (SSSR count). The second-order valence-corrected chi connectivity index (χ2v) is 3.75. The minimum absolute atomic E-state index is 0.334. The van der Waals surface area contributed by atoms with Gasteiger partial charge in [0.25, 0.3) is 0 Å². The molecule has 0 saturated carbocycles. The van der Waals surface area contributed by atoms with Gasteiger partial charge in [0.1, 0.15) is 0 Å². The zero-order chi connectivity index (χ0) is 9.78. The van der Waals surface area contributed by atoms with Crippen LogP contribution in [0.25, 0.3) is 0 Å². The average molecular weight is 166 g/mol. The van der Waals surface area contributed by atoms with E-state index in [1.807, 2.05) is 0 Å². The van der Waals surface area contributed by atoms with Crippen LogP contribution < -0.4 is 0 Å². The molecule has 0 radical (unpaired) electrons. The number of rotatable bonds is 4. The lowest BCUT2D eigenvalue weighted by atomic mass is 9.75. The number of hydrogen-bond donors (Lipinski definition) is 0. The molecular weight excluding hydrogens is 144 g/mol. The van der Waals surface area contributed by atoms with E-state index < -0.39 is 0 Å². The Labute approximate surface area is 77.4 Å². The summed E-state index contributed by atoms with van der Waals surface area (Å²) in [5.74, 6) is 0. The van der Waals surface area contributed by atoms with Crippen molar-refractivity contribution >= 4 is 0 Å². The molecule has 0 heterocycles. The maximum absolute atomic E-state index is 4.02. The van der Waals surface area contributed by atoms with Crippen LogP contribution in [0.4, 0.5) is 0 Å². The van der Waals surface area contributed by atoms with Crippen molar-refractivity contribution in [3.05, 3.63) is 23.8 Å². The Morgan fingerprint density at radius 3 is 1.83 bits per heavy atom. The topological polar surface area (TPSA) is 0 Å². The zero-order valence-corrected chi connectivity index (χ0v) is 9.20. The van der Waals surface area contributed by atoms with Gasteiger partial charge >= 0.3 is 0 Å². The van der Waals surface area contributed by atoms with Crippen molar-refractivity contribution in [2.45, 2.75) is 47.5 Å². The molecule has 0 aromatic rings. The predicted molar refractivity (Wildman–Crippen MR) is 57.3 cm³/mol. The summed E-state index contributed by atoms with van der Waals surface area (Å²) in [5, 5.41) is 0. The van der Waals surface area contributed by atoms with E-state index >= 15 is 0 Å². The van der Waals surface area contributed by atoms with Crippen molar-refractivity contribution in [3.8, 4) is 0 Å². The van der Waals surface area contributed by atoms with E-state index in [9.17, 15) is 0 Å². The highest BCUT2D eigenvalue weighted by molar-refractivity contribution is 5.31. The van der Waals surface area contributed by atoms with E-state index in [-0.39, 0.29) is 0 Å². The Morgan fingerprint density at radius 1 is 1.33 bits per heavy atom. The Balaban J connectivity index is 4.82. The van der Waals surface area contributed by atoms with E-state index in [4.69, 9.17) is 0 Å². The highest BCUT2D eigenvalue weighted by Gasteiger charge is 2.24. The lowest BCUT2D eigenvalue weighted by Crippen LogP contribution is -2.17. The Hall–Kier alpha value is -0.520. The molecule has 0 bridgehead atoms. The van der Waals surface area contributed by atoms with E-state index in [0.29, 0.717) is 5.41 Å². The predicted octanol–water partition coefficient (Wildman–Crippen LogP) is 4.34. The van der Waals surface area contributed by atoms with Crippen molar-refractivity contribution in [1.82, 2.24) is 0 Å². The molecule has 70 valence electrons. The van der Waals surface area contributed by atoms with Gasteiger partial charge in [-0.05, 0) is 37.7 Å². The van der Waals surface area contributed by atoms with E-state index in [1.54, 1.807) is 0 Å². The second kappa shape index (κ2) is 4.49. The zero-order valence-electron chi connectivity index (χ0n) is 9.20. The largest absolute Gasteiger partial charge is 0.0958 e. The molecule has 0 heteroatoms. The molecule has 0 aliphatic heterocycles. The third-order valence-electron chi connectivity index (χ3n) is 2.96. The quantitative estimate of drug-likeness (QED) is 0.545. The van der Waals surface area contributed by atoms with Gasteiger partial charge < -0.3 is 0 Å². The van der Waals surface area contributed by atoms with Crippen LogP contribution in [0.5, 0.6) is 0 Å². The Bertz CT molecular complexity index is 180. The Kier molecular flexibility index (Phi) is 4.30. The molecule has 0 saturated heterocycles. The van der Waals surface area contributed by atoms with Crippen LogP contribution in [0.1, 0.15) is 47.5 Å². The van der Waals surface area contributed by atoms with Crippen LogP contribution in [0, 0.1) is 5.41 Å². The summed E-state index contributed by atoms with van der Waals surface area (Å²) in [6.07, 6.45) is 4.58. The number of allylic oxidation sites excluding steroid dienone is 3. The summed E-state index contributed by atoms with van der Waals surface area (Å²) in [4.78, 5) is 0. The first-order chi connectivity index (χ1) is 5.51. The molecule has 0 nitrogen and oxygen atoms in total. The minimum Gasteiger partial charge on any atom is -0.0958 e. The standard InChI is InChI=1S/C12H22/c1-7-11(10(4)5)12(6,8-2)9-3/h7H,4,8-9H2,1-3,5-6H3. The normalized spacial score (nSPS) is 13.2. The number of hydrogen-bond acceptors (Lipinski definition) is 0. The van der Waals surface area contributed by atoms with Crippen LogP contribution >= 0.6 is 0 Å². The molecular formula is C12H22. The van der Waals surface area contributed by atoms with Crippen LogP contribution in [0.3, 0.4) is 0 Å². The fourth-order valence-corrected chi connectivity index (χ4v) is 1.74. The molecule has 0 aromatic carbocycles. The summed E-state index contributed by atoms with van der Waals surface area (Å²) in [6.45, 7) is 15.0. The van der Waals surface area contributed by atoms with Crippen LogP contribution in [0.15, 0.2) is 23.8 Å². The second-order valence-electron chi connectivity index (χ2n) is 3.75. The van der Waals surface area contributed by atoms with Gasteiger partial charge in [-0.2, -0.15) is 0 Å². The first kappa shape index (κ1) is 11.5. The molecule has 12 heavy (non-hydrogen) atoms. The molecule has 0 aromatic heterocycles. The van der Waals surface area contributed by atoms with Crippen molar-refractivity contribution in [3.63, 3.8) is 0 Å². The lowest BCUT2D eigenvalue weighted by Gasteiger charge is -2.30. The van der Waals surface area contributed by atoms with E-state index in [2.05, 4.69) is 47.3 Å². The van der Waals surface area contributed by atoms with Crippen LogP contribution in [0.2, 0.25) is 0 Å². The molecule has 0 N–H and O–H groups in total. The summed E-state index contributed by atoms with van der Waals surface area (Å²) >= 11 is 0. The molecule has 0 unspecified atom stereocenters. The van der Waals surface area contributed by atoms with Gasteiger partial charge in [0.15, 0.2) is 0 Å². The first-order valence-corrected chi connectivity index (χ1v) is 4.84. The fourth-order valence-electron chi connectivity index (χ4n) is 1.74. The van der Waals surface area contributed by atoms with Crippen molar-refractivity contribution in [2.24, 2.45) is 5.41 Å². The highest BCUT2D eigenvalue weighted by atomic mass is 14.3. The summed E-state index contributed by atoms with van der Waals surface area (Å²) < 4.78 is 0. The van der Waals surface area contributed by atoms with Gasteiger partial charge in [-0.3, -0.25) is 0 Å². The van der Waals surface area contributed by atoms with Crippen molar-refractivity contribution in [2.75, 3.05) is 0 Å². The third kappa shape index (κ3) is 2.23. The molecule has 0 amide bonds. The van der Waals surface area contributed by atoms with Gasteiger partial charge in [0.05, 0.1) is 0 Å².